The van der Waals surface area contributed by atoms with Crippen LogP contribution in [-0.2, 0) is 11.3 Å². The van der Waals surface area contributed by atoms with Gasteiger partial charge in [-0.1, -0.05) is 25.0 Å². The Bertz CT molecular complexity index is 471. The van der Waals surface area contributed by atoms with E-state index in [1.165, 1.54) is 12.8 Å². The van der Waals surface area contributed by atoms with Gasteiger partial charge in [-0.05, 0) is 41.9 Å². The predicted octanol–water partition coefficient (Wildman–Crippen LogP) is 2.95. The minimum atomic E-state index is 0.0862. The lowest BCUT2D eigenvalue weighted by atomic mass is 10.2. The van der Waals surface area contributed by atoms with Crippen molar-refractivity contribution in [3.8, 4) is 5.75 Å². The zero-order chi connectivity index (χ0) is 15.1. The fraction of sp³-hybridized carbons (Fsp3) is 0.562. The second-order valence-electron chi connectivity index (χ2n) is 5.34. The molecule has 1 heterocycles. The molecule has 116 valence electrons. The minimum absolute atomic E-state index is 0.0862. The second-order valence-corrected chi connectivity index (χ2v) is 6.20. The Morgan fingerprint density at radius 2 is 2.00 bits per heavy atom. The van der Waals surface area contributed by atoms with Crippen LogP contribution < -0.4 is 10.1 Å². The topological polar surface area (TPSA) is 41.6 Å². The fourth-order valence-corrected chi connectivity index (χ4v) is 3.11. The van der Waals surface area contributed by atoms with E-state index in [1.807, 2.05) is 30.1 Å². The first kappa shape index (κ1) is 16.3. The molecule has 1 fully saturated rings. The molecule has 0 aliphatic carbocycles. The van der Waals surface area contributed by atoms with Crippen LogP contribution in [0.2, 0.25) is 0 Å². The Morgan fingerprint density at radius 3 is 2.67 bits per heavy atom. The Morgan fingerprint density at radius 1 is 1.29 bits per heavy atom. The van der Waals surface area contributed by atoms with Crippen molar-refractivity contribution >= 4 is 21.8 Å². The molecule has 0 spiro atoms. The van der Waals surface area contributed by atoms with Crippen LogP contribution in [0.4, 0.5) is 0 Å². The number of likely N-dealkylation sites (tertiary alicyclic amines) is 1. The summed E-state index contributed by atoms with van der Waals surface area (Å²) in [6.07, 6.45) is 4.65. The van der Waals surface area contributed by atoms with Crippen LogP contribution in [0.25, 0.3) is 0 Å². The fourth-order valence-electron chi connectivity index (χ4n) is 2.59. The highest BCUT2D eigenvalue weighted by Gasteiger charge is 2.17. The molecule has 2 rings (SSSR count). The molecule has 21 heavy (non-hydrogen) atoms. The number of rotatable bonds is 5. The molecule has 1 aromatic rings. The summed E-state index contributed by atoms with van der Waals surface area (Å²) in [6.45, 7) is 2.55. The normalized spacial score (nSPS) is 15.6. The molecule has 1 aliphatic heterocycles. The first-order chi connectivity index (χ1) is 10.2. The summed E-state index contributed by atoms with van der Waals surface area (Å²) in [7, 11) is 1.90. The summed E-state index contributed by atoms with van der Waals surface area (Å²) in [5.41, 5.74) is 1.05. The van der Waals surface area contributed by atoms with Crippen LogP contribution in [0, 0.1) is 0 Å². The quantitative estimate of drug-likeness (QED) is 0.883. The number of benzene rings is 1. The predicted molar refractivity (Wildman–Crippen MR) is 87.4 cm³/mol. The van der Waals surface area contributed by atoms with Crippen LogP contribution in [-0.4, -0.2) is 37.6 Å². The molecule has 0 unspecified atom stereocenters. The van der Waals surface area contributed by atoms with Crippen molar-refractivity contribution in [1.29, 1.82) is 0 Å². The smallest absolute Gasteiger partial charge is 0.260 e. The Hall–Kier alpha value is -1.07. The van der Waals surface area contributed by atoms with E-state index in [0.29, 0.717) is 6.54 Å². The second kappa shape index (κ2) is 8.39. The van der Waals surface area contributed by atoms with E-state index in [2.05, 4.69) is 21.2 Å². The maximum absolute atomic E-state index is 12.3. The summed E-state index contributed by atoms with van der Waals surface area (Å²) in [5.74, 6) is 0.845. The Labute approximate surface area is 135 Å². The van der Waals surface area contributed by atoms with Crippen LogP contribution >= 0.6 is 15.9 Å². The van der Waals surface area contributed by atoms with E-state index in [0.717, 1.165) is 41.7 Å². The number of halogens is 1. The molecule has 4 nitrogen and oxygen atoms in total. The summed E-state index contributed by atoms with van der Waals surface area (Å²) in [4.78, 5) is 14.2. The van der Waals surface area contributed by atoms with E-state index in [1.54, 1.807) is 0 Å². The molecular weight excluding hydrogens is 332 g/mol. The molecule has 0 atom stereocenters. The maximum atomic E-state index is 12.3. The molecule has 1 N–H and O–H groups in total. The number of hydrogen-bond acceptors (Lipinski definition) is 3. The van der Waals surface area contributed by atoms with E-state index in [4.69, 9.17) is 4.74 Å². The molecule has 1 aliphatic rings. The number of amides is 1. The van der Waals surface area contributed by atoms with Crippen LogP contribution in [0.1, 0.15) is 31.2 Å². The molecule has 1 aromatic carbocycles. The third kappa shape index (κ3) is 4.71. The summed E-state index contributed by atoms with van der Waals surface area (Å²) >= 11 is 3.50. The van der Waals surface area contributed by atoms with Gasteiger partial charge in [0.05, 0.1) is 4.47 Å². The molecule has 0 aromatic heterocycles. The van der Waals surface area contributed by atoms with Crippen LogP contribution in [0.5, 0.6) is 5.75 Å². The number of nitrogens with zero attached hydrogens (tertiary/aromatic N) is 1. The molecule has 0 saturated carbocycles. The van der Waals surface area contributed by atoms with Gasteiger partial charge in [0.15, 0.2) is 6.61 Å². The van der Waals surface area contributed by atoms with Crippen LogP contribution in [0.15, 0.2) is 22.7 Å². The first-order valence-corrected chi connectivity index (χ1v) is 8.34. The molecule has 5 heteroatoms. The van der Waals surface area contributed by atoms with Gasteiger partial charge in [0.1, 0.15) is 5.75 Å². The zero-order valence-electron chi connectivity index (χ0n) is 12.5. The lowest BCUT2D eigenvalue weighted by Gasteiger charge is -2.21. The van der Waals surface area contributed by atoms with E-state index >= 15 is 0 Å². The standard InChI is InChI=1S/C16H23BrN2O2/c1-18-11-13-7-6-8-14(17)16(13)21-12-15(20)19-9-4-2-3-5-10-19/h6-8,18H,2-5,9-12H2,1H3. The van der Waals surface area contributed by atoms with E-state index in [-0.39, 0.29) is 12.5 Å². The highest BCUT2D eigenvalue weighted by molar-refractivity contribution is 9.10. The van der Waals surface area contributed by atoms with Gasteiger partial charge < -0.3 is 15.0 Å². The SMILES string of the molecule is CNCc1cccc(Br)c1OCC(=O)N1CCCCCC1. The Balaban J connectivity index is 1.97. The van der Waals surface area contributed by atoms with E-state index < -0.39 is 0 Å². The third-order valence-corrected chi connectivity index (χ3v) is 4.34. The van der Waals surface area contributed by atoms with Gasteiger partial charge in [-0.2, -0.15) is 0 Å². The first-order valence-electron chi connectivity index (χ1n) is 7.55. The number of hydrogen-bond donors (Lipinski definition) is 1. The number of carbonyl (C=O) groups excluding carboxylic acids is 1. The average molecular weight is 355 g/mol. The van der Waals surface area contributed by atoms with Crippen molar-refractivity contribution in [2.75, 3.05) is 26.7 Å². The van der Waals surface area contributed by atoms with Crippen molar-refractivity contribution in [1.82, 2.24) is 10.2 Å². The highest BCUT2D eigenvalue weighted by atomic mass is 79.9. The zero-order valence-corrected chi connectivity index (χ0v) is 14.1. The average Bonchev–Trinajstić information content (AvgIpc) is 2.76. The van der Waals surface area contributed by atoms with E-state index in [9.17, 15) is 4.79 Å². The molecule has 1 saturated heterocycles. The molecule has 0 radical (unpaired) electrons. The lowest BCUT2D eigenvalue weighted by molar-refractivity contribution is -0.133. The van der Waals surface area contributed by atoms with Gasteiger partial charge in [0.25, 0.3) is 5.91 Å². The summed E-state index contributed by atoms with van der Waals surface area (Å²) in [6, 6.07) is 5.91. The van der Waals surface area contributed by atoms with Crippen molar-refractivity contribution in [3.05, 3.63) is 28.2 Å². The third-order valence-electron chi connectivity index (χ3n) is 3.71. The van der Waals surface area contributed by atoms with Crippen molar-refractivity contribution in [3.63, 3.8) is 0 Å². The summed E-state index contributed by atoms with van der Waals surface area (Å²) in [5, 5.41) is 3.11. The molecular formula is C16H23BrN2O2. The minimum Gasteiger partial charge on any atom is -0.482 e. The number of carbonyl (C=O) groups is 1. The number of ether oxygens (including phenoxy) is 1. The number of nitrogens with one attached hydrogen (secondary N) is 1. The van der Waals surface area contributed by atoms with Gasteiger partial charge in [-0.3, -0.25) is 4.79 Å². The van der Waals surface area contributed by atoms with Crippen molar-refractivity contribution in [2.45, 2.75) is 32.2 Å². The highest BCUT2D eigenvalue weighted by Crippen LogP contribution is 2.29. The summed E-state index contributed by atoms with van der Waals surface area (Å²) < 4.78 is 6.69. The van der Waals surface area contributed by atoms with Gasteiger partial charge >= 0.3 is 0 Å². The van der Waals surface area contributed by atoms with Gasteiger partial charge in [0, 0.05) is 25.2 Å². The molecule has 1 amide bonds. The Kier molecular flexibility index (Phi) is 6.51. The van der Waals surface area contributed by atoms with Gasteiger partial charge in [-0.25, -0.2) is 0 Å². The number of para-hydroxylation sites is 1. The maximum Gasteiger partial charge on any atom is 0.260 e. The molecule has 0 bridgehead atoms. The monoisotopic (exact) mass is 354 g/mol. The van der Waals surface area contributed by atoms with Crippen molar-refractivity contribution < 1.29 is 9.53 Å². The van der Waals surface area contributed by atoms with Gasteiger partial charge in [0.2, 0.25) is 0 Å². The van der Waals surface area contributed by atoms with Crippen molar-refractivity contribution in [2.24, 2.45) is 0 Å². The lowest BCUT2D eigenvalue weighted by Crippen LogP contribution is -2.35. The van der Waals surface area contributed by atoms with Crippen LogP contribution in [0.3, 0.4) is 0 Å². The largest absolute Gasteiger partial charge is 0.482 e. The van der Waals surface area contributed by atoms with Gasteiger partial charge in [-0.15, -0.1) is 0 Å².